The van der Waals surface area contributed by atoms with Crippen molar-refractivity contribution >= 4 is 28.3 Å². The predicted molar refractivity (Wildman–Crippen MR) is 97.7 cm³/mol. The summed E-state index contributed by atoms with van der Waals surface area (Å²) in [5, 5.41) is 8.40. The topological polar surface area (TPSA) is 97.1 Å². The third-order valence-electron chi connectivity index (χ3n) is 4.74. The van der Waals surface area contributed by atoms with Crippen molar-refractivity contribution < 1.29 is 9.59 Å². The Balaban J connectivity index is 1.56. The van der Waals surface area contributed by atoms with Gasteiger partial charge in [-0.25, -0.2) is 4.98 Å². The minimum atomic E-state index is -0.453. The highest BCUT2D eigenvalue weighted by molar-refractivity contribution is 7.14. The predicted octanol–water partition coefficient (Wildman–Crippen LogP) is 2.48. The Morgan fingerprint density at radius 3 is 2.80 bits per heavy atom. The van der Waals surface area contributed by atoms with Gasteiger partial charge in [-0.2, -0.15) is 0 Å². The number of hydrogen-bond donors (Lipinski definition) is 3. The smallest absolute Gasteiger partial charge is 0.249 e. The summed E-state index contributed by atoms with van der Waals surface area (Å²) in [7, 11) is 0. The van der Waals surface area contributed by atoms with E-state index in [0.717, 1.165) is 24.9 Å². The molecule has 2 heterocycles. The molecule has 1 aliphatic heterocycles. The molecule has 1 aromatic heterocycles. The molecule has 25 heavy (non-hydrogen) atoms. The highest BCUT2D eigenvalue weighted by Crippen LogP contribution is 2.41. The first-order chi connectivity index (χ1) is 12.1. The molecule has 1 atom stereocenters. The Labute approximate surface area is 149 Å². The van der Waals surface area contributed by atoms with Crippen LogP contribution in [0.3, 0.4) is 0 Å². The van der Waals surface area contributed by atoms with Gasteiger partial charge >= 0.3 is 0 Å². The Kier molecular flexibility index (Phi) is 4.27. The molecule has 0 spiro atoms. The lowest BCUT2D eigenvalue weighted by molar-refractivity contribution is -0.117. The van der Waals surface area contributed by atoms with Gasteiger partial charge in [-0.1, -0.05) is 12.1 Å². The van der Waals surface area contributed by atoms with Crippen molar-refractivity contribution in [2.24, 2.45) is 5.73 Å². The van der Waals surface area contributed by atoms with E-state index in [1.165, 1.54) is 24.2 Å². The van der Waals surface area contributed by atoms with E-state index in [-0.39, 0.29) is 11.9 Å². The third-order valence-corrected chi connectivity index (χ3v) is 5.50. The van der Waals surface area contributed by atoms with E-state index in [2.05, 4.69) is 15.6 Å². The average molecular weight is 356 g/mol. The zero-order chi connectivity index (χ0) is 17.4. The molecule has 2 aliphatic rings. The monoisotopic (exact) mass is 356 g/mol. The van der Waals surface area contributed by atoms with Gasteiger partial charge in [-0.3, -0.25) is 9.59 Å². The summed E-state index contributed by atoms with van der Waals surface area (Å²) < 4.78 is 0. The lowest BCUT2D eigenvalue weighted by Gasteiger charge is -2.09. The number of anilines is 1. The Morgan fingerprint density at radius 1 is 1.28 bits per heavy atom. The number of carbonyl (C=O) groups is 2. The number of aromatic nitrogens is 1. The van der Waals surface area contributed by atoms with Crippen molar-refractivity contribution in [3.63, 3.8) is 0 Å². The van der Waals surface area contributed by atoms with Gasteiger partial charge in [0.2, 0.25) is 11.8 Å². The number of thiazole rings is 1. The lowest BCUT2D eigenvalue weighted by Crippen LogP contribution is -2.35. The van der Waals surface area contributed by atoms with Crippen LogP contribution >= 0.6 is 11.3 Å². The van der Waals surface area contributed by atoms with Crippen molar-refractivity contribution in [1.82, 2.24) is 10.3 Å². The first-order valence-electron chi connectivity index (χ1n) is 8.55. The standard InChI is InChI=1S/C18H20N4O2S/c19-16(23)13-8-11(10-3-4-10)5-6-12(13)15-9-25-18(21-15)22-17(24)14-2-1-7-20-14/h5-6,8-10,14,20H,1-4,7H2,(H2,19,23)(H,21,22,24). The van der Waals surface area contributed by atoms with Gasteiger partial charge < -0.3 is 16.4 Å². The van der Waals surface area contributed by atoms with E-state index in [4.69, 9.17) is 5.73 Å². The largest absolute Gasteiger partial charge is 0.366 e. The molecular weight excluding hydrogens is 336 g/mol. The van der Waals surface area contributed by atoms with E-state index in [1.807, 2.05) is 23.6 Å². The number of amides is 2. The average Bonchev–Trinajstić information content (AvgIpc) is 3.11. The maximum Gasteiger partial charge on any atom is 0.249 e. The van der Waals surface area contributed by atoms with E-state index in [1.54, 1.807) is 0 Å². The number of nitrogens with one attached hydrogen (secondary N) is 2. The second-order valence-corrected chi connectivity index (χ2v) is 7.48. The number of carbonyl (C=O) groups excluding carboxylic acids is 2. The second-order valence-electron chi connectivity index (χ2n) is 6.62. The summed E-state index contributed by atoms with van der Waals surface area (Å²) in [5.41, 5.74) is 8.60. The van der Waals surface area contributed by atoms with Crippen LogP contribution in [0.1, 0.15) is 47.5 Å². The molecular formula is C18H20N4O2S. The van der Waals surface area contributed by atoms with Crippen LogP contribution in [-0.2, 0) is 4.79 Å². The van der Waals surface area contributed by atoms with Gasteiger partial charge in [0.25, 0.3) is 0 Å². The van der Waals surface area contributed by atoms with Crippen LogP contribution in [-0.4, -0.2) is 29.4 Å². The highest BCUT2D eigenvalue weighted by Gasteiger charge is 2.26. The minimum absolute atomic E-state index is 0.0578. The zero-order valence-electron chi connectivity index (χ0n) is 13.7. The molecule has 130 valence electrons. The zero-order valence-corrected chi connectivity index (χ0v) is 14.6. The third kappa shape index (κ3) is 3.43. The fraction of sp³-hybridized carbons (Fsp3) is 0.389. The molecule has 2 aromatic rings. The Bertz CT molecular complexity index is 822. The molecule has 0 bridgehead atoms. The number of hydrogen-bond acceptors (Lipinski definition) is 5. The van der Waals surface area contributed by atoms with Crippen LogP contribution in [0.2, 0.25) is 0 Å². The molecule has 1 aliphatic carbocycles. The van der Waals surface area contributed by atoms with Gasteiger partial charge in [0.15, 0.2) is 5.13 Å². The summed E-state index contributed by atoms with van der Waals surface area (Å²) in [5.74, 6) is 0.0418. The lowest BCUT2D eigenvalue weighted by atomic mass is 9.99. The summed E-state index contributed by atoms with van der Waals surface area (Å²) in [6, 6.07) is 5.69. The maximum absolute atomic E-state index is 12.2. The molecule has 1 saturated carbocycles. The summed E-state index contributed by atoms with van der Waals surface area (Å²) in [4.78, 5) is 28.5. The summed E-state index contributed by atoms with van der Waals surface area (Å²) in [6.45, 7) is 0.872. The molecule has 1 unspecified atom stereocenters. The quantitative estimate of drug-likeness (QED) is 0.767. The Morgan fingerprint density at radius 2 is 2.12 bits per heavy atom. The van der Waals surface area contributed by atoms with Gasteiger partial charge in [0.05, 0.1) is 11.7 Å². The van der Waals surface area contributed by atoms with Gasteiger partial charge in [-0.05, 0) is 49.8 Å². The maximum atomic E-state index is 12.2. The minimum Gasteiger partial charge on any atom is -0.366 e. The van der Waals surface area contributed by atoms with E-state index >= 15 is 0 Å². The van der Waals surface area contributed by atoms with Gasteiger partial charge in [0, 0.05) is 16.5 Å². The van der Waals surface area contributed by atoms with Crippen molar-refractivity contribution in [1.29, 1.82) is 0 Å². The van der Waals surface area contributed by atoms with Crippen LogP contribution in [0.25, 0.3) is 11.3 Å². The molecule has 7 heteroatoms. The van der Waals surface area contributed by atoms with Gasteiger partial charge in [0.1, 0.15) is 0 Å². The number of nitrogens with zero attached hydrogens (tertiary/aromatic N) is 1. The first-order valence-corrected chi connectivity index (χ1v) is 9.43. The van der Waals surface area contributed by atoms with Crippen LogP contribution in [0, 0.1) is 0 Å². The van der Waals surface area contributed by atoms with Crippen LogP contribution < -0.4 is 16.4 Å². The van der Waals surface area contributed by atoms with E-state index in [9.17, 15) is 9.59 Å². The Hall–Kier alpha value is -2.25. The number of rotatable bonds is 5. The molecule has 4 N–H and O–H groups in total. The second kappa shape index (κ2) is 6.57. The van der Waals surface area contributed by atoms with Crippen molar-refractivity contribution in [3.05, 3.63) is 34.7 Å². The van der Waals surface area contributed by atoms with Crippen LogP contribution in [0.5, 0.6) is 0 Å². The number of benzene rings is 1. The first kappa shape index (κ1) is 16.2. The fourth-order valence-corrected chi connectivity index (χ4v) is 3.93. The van der Waals surface area contributed by atoms with E-state index in [0.29, 0.717) is 27.9 Å². The van der Waals surface area contributed by atoms with Crippen molar-refractivity contribution in [2.45, 2.75) is 37.6 Å². The van der Waals surface area contributed by atoms with Crippen LogP contribution in [0.4, 0.5) is 5.13 Å². The van der Waals surface area contributed by atoms with Crippen molar-refractivity contribution in [2.75, 3.05) is 11.9 Å². The molecule has 0 radical (unpaired) electrons. The number of nitrogens with two attached hydrogens (primary N) is 1. The van der Waals surface area contributed by atoms with E-state index < -0.39 is 5.91 Å². The molecule has 4 rings (SSSR count). The SMILES string of the molecule is NC(=O)c1cc(C2CC2)ccc1-c1csc(NC(=O)C2CCCN2)n1. The fourth-order valence-electron chi connectivity index (χ4n) is 3.22. The molecule has 2 fully saturated rings. The highest BCUT2D eigenvalue weighted by atomic mass is 32.1. The summed E-state index contributed by atoms with van der Waals surface area (Å²) >= 11 is 1.35. The molecule has 2 amide bonds. The number of primary amides is 1. The molecule has 6 nitrogen and oxygen atoms in total. The van der Waals surface area contributed by atoms with Crippen LogP contribution in [0.15, 0.2) is 23.6 Å². The van der Waals surface area contributed by atoms with Crippen molar-refractivity contribution in [3.8, 4) is 11.3 Å². The summed E-state index contributed by atoms with van der Waals surface area (Å²) in [6.07, 6.45) is 4.19. The molecule has 1 aromatic carbocycles. The normalized spacial score (nSPS) is 19.8. The van der Waals surface area contributed by atoms with Gasteiger partial charge in [-0.15, -0.1) is 11.3 Å². The molecule has 1 saturated heterocycles.